The highest BCUT2D eigenvalue weighted by molar-refractivity contribution is 6.33. The minimum Gasteiger partial charge on any atom is -0.504 e. The molecule has 5 heteroatoms. The molecule has 2 N–H and O–H groups in total. The van der Waals surface area contributed by atoms with E-state index in [1.165, 1.54) is 18.2 Å². The van der Waals surface area contributed by atoms with Gasteiger partial charge in [0.25, 0.3) is 0 Å². The van der Waals surface area contributed by atoms with Crippen LogP contribution in [0.5, 0.6) is 11.5 Å². The van der Waals surface area contributed by atoms with Crippen LogP contribution in [0.3, 0.4) is 0 Å². The van der Waals surface area contributed by atoms with Crippen molar-refractivity contribution in [2.24, 2.45) is 0 Å². The van der Waals surface area contributed by atoms with Crippen LogP contribution in [0.2, 0.25) is 5.02 Å². The van der Waals surface area contributed by atoms with Gasteiger partial charge in [-0.1, -0.05) is 17.7 Å². The Morgan fingerprint density at radius 3 is 2.80 bits per heavy atom. The third kappa shape index (κ3) is 3.54. The molecule has 0 heterocycles. The summed E-state index contributed by atoms with van der Waals surface area (Å²) in [5, 5.41) is 13.1. The monoisotopic (exact) mass is 295 g/mol. The number of hydrogen-bond acceptors (Lipinski definition) is 3. The molecule has 2 aromatic carbocycles. The topological polar surface area (TPSA) is 41.5 Å². The maximum atomic E-state index is 13.1. The summed E-state index contributed by atoms with van der Waals surface area (Å²) in [6.07, 6.45) is 0. The van der Waals surface area contributed by atoms with Crippen molar-refractivity contribution in [2.75, 3.05) is 11.9 Å². The van der Waals surface area contributed by atoms with Crippen molar-refractivity contribution in [3.05, 3.63) is 52.8 Å². The van der Waals surface area contributed by atoms with Gasteiger partial charge in [0.15, 0.2) is 11.5 Å². The van der Waals surface area contributed by atoms with Crippen LogP contribution in [-0.2, 0) is 6.54 Å². The normalized spacial score (nSPS) is 10.3. The Balaban J connectivity index is 2.10. The Morgan fingerprint density at radius 1 is 1.25 bits per heavy atom. The van der Waals surface area contributed by atoms with E-state index in [2.05, 4.69) is 5.32 Å². The van der Waals surface area contributed by atoms with Crippen molar-refractivity contribution >= 4 is 17.3 Å². The molecule has 0 atom stereocenters. The second kappa shape index (κ2) is 6.48. The highest BCUT2D eigenvalue weighted by Gasteiger charge is 2.05. The predicted octanol–water partition coefficient (Wildman–Crippen LogP) is 4.20. The molecule has 0 radical (unpaired) electrons. The zero-order valence-electron chi connectivity index (χ0n) is 11.0. The van der Waals surface area contributed by atoms with Gasteiger partial charge in [0.05, 0.1) is 17.3 Å². The van der Waals surface area contributed by atoms with Crippen molar-refractivity contribution in [3.63, 3.8) is 0 Å². The molecular weight excluding hydrogens is 281 g/mol. The standard InChI is InChI=1S/C15H15ClFNO2/c1-2-20-15-7-10(3-6-14(15)19)9-18-13-8-11(17)4-5-12(13)16/h3-8,18-19H,2,9H2,1H3. The van der Waals surface area contributed by atoms with Crippen LogP contribution in [0, 0.1) is 5.82 Å². The van der Waals surface area contributed by atoms with E-state index < -0.39 is 0 Å². The fraction of sp³-hybridized carbons (Fsp3) is 0.200. The summed E-state index contributed by atoms with van der Waals surface area (Å²) < 4.78 is 18.4. The number of phenolic OH excluding ortho intramolecular Hbond substituents is 1. The SMILES string of the molecule is CCOc1cc(CNc2cc(F)ccc2Cl)ccc1O. The van der Waals surface area contributed by atoms with Gasteiger partial charge in [-0.3, -0.25) is 0 Å². The van der Waals surface area contributed by atoms with Crippen molar-refractivity contribution < 1.29 is 14.2 Å². The average molecular weight is 296 g/mol. The number of nitrogens with one attached hydrogen (secondary N) is 1. The van der Waals surface area contributed by atoms with E-state index >= 15 is 0 Å². The van der Waals surface area contributed by atoms with Crippen molar-refractivity contribution in [1.29, 1.82) is 0 Å². The van der Waals surface area contributed by atoms with E-state index in [0.717, 1.165) is 5.56 Å². The fourth-order valence-corrected chi connectivity index (χ4v) is 1.95. The second-order valence-electron chi connectivity index (χ2n) is 4.21. The van der Waals surface area contributed by atoms with Crippen LogP contribution in [-0.4, -0.2) is 11.7 Å². The Labute approximate surface area is 122 Å². The molecule has 0 fully saturated rings. The maximum absolute atomic E-state index is 13.1. The van der Waals surface area contributed by atoms with Gasteiger partial charge in [0, 0.05) is 6.54 Å². The third-order valence-corrected chi connectivity index (χ3v) is 3.07. The summed E-state index contributed by atoms with van der Waals surface area (Å²) in [5.74, 6) is 0.175. The van der Waals surface area contributed by atoms with E-state index in [9.17, 15) is 9.50 Å². The number of aromatic hydroxyl groups is 1. The molecule has 2 rings (SSSR count). The number of anilines is 1. The van der Waals surface area contributed by atoms with E-state index in [-0.39, 0.29) is 11.6 Å². The lowest BCUT2D eigenvalue weighted by atomic mass is 10.2. The molecule has 0 spiro atoms. The summed E-state index contributed by atoms with van der Waals surface area (Å²) in [6, 6.07) is 9.21. The quantitative estimate of drug-likeness (QED) is 0.869. The molecule has 106 valence electrons. The van der Waals surface area contributed by atoms with E-state index in [1.54, 1.807) is 18.2 Å². The zero-order chi connectivity index (χ0) is 14.5. The molecule has 0 amide bonds. The first-order valence-electron chi connectivity index (χ1n) is 6.23. The molecule has 20 heavy (non-hydrogen) atoms. The molecule has 0 saturated carbocycles. The van der Waals surface area contributed by atoms with Gasteiger partial charge < -0.3 is 15.2 Å². The molecule has 2 aromatic rings. The Bertz CT molecular complexity index is 604. The minimum absolute atomic E-state index is 0.0967. The van der Waals surface area contributed by atoms with Gasteiger partial charge >= 0.3 is 0 Å². The largest absolute Gasteiger partial charge is 0.504 e. The van der Waals surface area contributed by atoms with Crippen LogP contribution in [0.4, 0.5) is 10.1 Å². The van der Waals surface area contributed by atoms with Crippen molar-refractivity contribution in [2.45, 2.75) is 13.5 Å². The molecule has 3 nitrogen and oxygen atoms in total. The number of hydrogen-bond donors (Lipinski definition) is 2. The molecule has 0 aliphatic carbocycles. The van der Waals surface area contributed by atoms with E-state index in [0.29, 0.717) is 29.6 Å². The van der Waals surface area contributed by atoms with Crippen LogP contribution in [0.15, 0.2) is 36.4 Å². The lowest BCUT2D eigenvalue weighted by molar-refractivity contribution is 0.318. The summed E-state index contributed by atoms with van der Waals surface area (Å²) in [4.78, 5) is 0. The maximum Gasteiger partial charge on any atom is 0.161 e. The van der Waals surface area contributed by atoms with E-state index in [4.69, 9.17) is 16.3 Å². The van der Waals surface area contributed by atoms with Gasteiger partial charge in [-0.2, -0.15) is 0 Å². The average Bonchev–Trinajstić information content (AvgIpc) is 2.43. The predicted molar refractivity (Wildman–Crippen MR) is 78.0 cm³/mol. The molecule has 0 aromatic heterocycles. The zero-order valence-corrected chi connectivity index (χ0v) is 11.7. The Kier molecular flexibility index (Phi) is 4.69. The fourth-order valence-electron chi connectivity index (χ4n) is 1.77. The molecular formula is C15H15ClFNO2. The van der Waals surface area contributed by atoms with Crippen molar-refractivity contribution in [3.8, 4) is 11.5 Å². The first-order chi connectivity index (χ1) is 9.60. The van der Waals surface area contributed by atoms with Gasteiger partial charge in [-0.05, 0) is 42.8 Å². The highest BCUT2D eigenvalue weighted by Crippen LogP contribution is 2.28. The summed E-state index contributed by atoms with van der Waals surface area (Å²) in [6.45, 7) is 2.76. The summed E-state index contributed by atoms with van der Waals surface area (Å²) in [5.41, 5.74) is 1.42. The van der Waals surface area contributed by atoms with Crippen LogP contribution in [0.25, 0.3) is 0 Å². The number of benzene rings is 2. The molecule has 0 bridgehead atoms. The molecule has 0 aliphatic rings. The first-order valence-corrected chi connectivity index (χ1v) is 6.61. The Morgan fingerprint density at radius 2 is 2.05 bits per heavy atom. The molecule has 0 aliphatic heterocycles. The lowest BCUT2D eigenvalue weighted by Crippen LogP contribution is -2.01. The van der Waals surface area contributed by atoms with Crippen molar-refractivity contribution in [1.82, 2.24) is 0 Å². The summed E-state index contributed by atoms with van der Waals surface area (Å²) >= 11 is 5.97. The van der Waals surface area contributed by atoms with Crippen LogP contribution in [0.1, 0.15) is 12.5 Å². The summed E-state index contributed by atoms with van der Waals surface area (Å²) in [7, 11) is 0. The lowest BCUT2D eigenvalue weighted by Gasteiger charge is -2.11. The highest BCUT2D eigenvalue weighted by atomic mass is 35.5. The molecule has 0 saturated heterocycles. The van der Waals surface area contributed by atoms with Gasteiger partial charge in [0.1, 0.15) is 5.82 Å². The van der Waals surface area contributed by atoms with Gasteiger partial charge in [0.2, 0.25) is 0 Å². The first kappa shape index (κ1) is 14.5. The number of rotatable bonds is 5. The minimum atomic E-state index is -0.349. The van der Waals surface area contributed by atoms with Crippen LogP contribution >= 0.6 is 11.6 Å². The number of ether oxygens (including phenoxy) is 1. The third-order valence-electron chi connectivity index (χ3n) is 2.74. The second-order valence-corrected chi connectivity index (χ2v) is 4.62. The van der Waals surface area contributed by atoms with Gasteiger partial charge in [-0.25, -0.2) is 4.39 Å². The van der Waals surface area contributed by atoms with E-state index in [1.807, 2.05) is 6.92 Å². The number of halogens is 2. The van der Waals surface area contributed by atoms with Crippen LogP contribution < -0.4 is 10.1 Å². The van der Waals surface area contributed by atoms with Gasteiger partial charge in [-0.15, -0.1) is 0 Å². The Hall–Kier alpha value is -1.94. The smallest absolute Gasteiger partial charge is 0.161 e. The molecule has 0 unspecified atom stereocenters. The number of phenols is 1.